The smallest absolute Gasteiger partial charge is 0.318 e. The van der Waals surface area contributed by atoms with Gasteiger partial charge in [-0.15, -0.1) is 0 Å². The second-order valence-electron chi connectivity index (χ2n) is 4.80. The molecule has 10 heteroatoms. The summed E-state index contributed by atoms with van der Waals surface area (Å²) in [5.41, 5.74) is 5.40. The van der Waals surface area contributed by atoms with E-state index in [0.717, 1.165) is 18.4 Å². The van der Waals surface area contributed by atoms with Gasteiger partial charge < -0.3 is 5.73 Å². The number of halogens is 1. The van der Waals surface area contributed by atoms with Gasteiger partial charge in [0.15, 0.2) is 5.69 Å². The van der Waals surface area contributed by atoms with E-state index in [1.165, 1.54) is 18.3 Å². The van der Waals surface area contributed by atoms with Crippen molar-refractivity contribution >= 4 is 21.4 Å². The molecular weight excluding hydrogens is 327 g/mol. The van der Waals surface area contributed by atoms with Crippen LogP contribution in [0.1, 0.15) is 5.56 Å². The molecule has 1 aromatic heterocycles. The standard InChI is InChI=1S/C13H13FN4O4S/c1-23(21,22)17-7-8-4-9(6-10(14)5-8)12-13(18(19)20)11(15)2-3-16-12/h2-6,17H,7H2,1H3,(H2,15,16). The summed E-state index contributed by atoms with van der Waals surface area (Å²) in [7, 11) is -3.46. The number of rotatable bonds is 5. The Hall–Kier alpha value is -2.59. The summed E-state index contributed by atoms with van der Waals surface area (Å²) in [6.07, 6.45) is 2.24. The third kappa shape index (κ3) is 4.20. The molecule has 0 aliphatic rings. The Labute approximate surface area is 131 Å². The molecule has 0 radical (unpaired) electrons. The zero-order valence-corrected chi connectivity index (χ0v) is 12.8. The lowest BCUT2D eigenvalue weighted by Crippen LogP contribution is -2.21. The number of hydrogen-bond donors (Lipinski definition) is 2. The Morgan fingerprint density at radius 1 is 1.39 bits per heavy atom. The number of nitro groups is 1. The summed E-state index contributed by atoms with van der Waals surface area (Å²) in [5, 5.41) is 11.1. The van der Waals surface area contributed by atoms with E-state index in [-0.39, 0.29) is 23.5 Å². The first-order valence-electron chi connectivity index (χ1n) is 6.31. The van der Waals surface area contributed by atoms with Crippen LogP contribution in [0.5, 0.6) is 0 Å². The Kier molecular flexibility index (Phi) is 4.57. The van der Waals surface area contributed by atoms with E-state index in [2.05, 4.69) is 9.71 Å². The van der Waals surface area contributed by atoms with Crippen molar-refractivity contribution in [2.75, 3.05) is 12.0 Å². The first kappa shape index (κ1) is 16.8. The van der Waals surface area contributed by atoms with E-state index in [1.54, 1.807) is 0 Å². The van der Waals surface area contributed by atoms with Gasteiger partial charge in [0.05, 0.1) is 11.2 Å². The Morgan fingerprint density at radius 2 is 2.09 bits per heavy atom. The SMILES string of the molecule is CS(=O)(=O)NCc1cc(F)cc(-c2nccc(N)c2[N+](=O)[O-])c1. The summed E-state index contributed by atoms with van der Waals surface area (Å²) < 4.78 is 38.2. The average Bonchev–Trinajstić information content (AvgIpc) is 2.43. The number of pyridine rings is 1. The molecule has 0 amide bonds. The molecule has 0 saturated heterocycles. The number of nitrogens with one attached hydrogen (secondary N) is 1. The van der Waals surface area contributed by atoms with Gasteiger partial charge in [0.2, 0.25) is 10.0 Å². The Morgan fingerprint density at radius 3 is 2.70 bits per heavy atom. The minimum absolute atomic E-state index is 0.0879. The summed E-state index contributed by atoms with van der Waals surface area (Å²) >= 11 is 0. The molecule has 2 aromatic rings. The van der Waals surface area contributed by atoms with E-state index >= 15 is 0 Å². The normalized spacial score (nSPS) is 11.4. The topological polar surface area (TPSA) is 128 Å². The highest BCUT2D eigenvalue weighted by Crippen LogP contribution is 2.33. The van der Waals surface area contributed by atoms with E-state index in [0.29, 0.717) is 5.56 Å². The van der Waals surface area contributed by atoms with Crippen LogP contribution in [0.2, 0.25) is 0 Å². The van der Waals surface area contributed by atoms with Crippen molar-refractivity contribution in [3.05, 3.63) is 52.0 Å². The highest BCUT2D eigenvalue weighted by atomic mass is 32.2. The number of nitrogen functional groups attached to an aromatic ring is 1. The van der Waals surface area contributed by atoms with Crippen molar-refractivity contribution in [1.82, 2.24) is 9.71 Å². The lowest BCUT2D eigenvalue weighted by atomic mass is 10.1. The van der Waals surface area contributed by atoms with Gasteiger partial charge in [0, 0.05) is 18.3 Å². The predicted molar refractivity (Wildman–Crippen MR) is 82.4 cm³/mol. The summed E-state index contributed by atoms with van der Waals surface area (Å²) in [4.78, 5) is 14.3. The molecule has 0 saturated carbocycles. The second-order valence-corrected chi connectivity index (χ2v) is 6.63. The van der Waals surface area contributed by atoms with E-state index in [1.807, 2.05) is 0 Å². The lowest BCUT2D eigenvalue weighted by Gasteiger charge is -2.08. The van der Waals surface area contributed by atoms with E-state index in [9.17, 15) is 22.9 Å². The maximum absolute atomic E-state index is 13.8. The number of aromatic nitrogens is 1. The minimum Gasteiger partial charge on any atom is -0.393 e. The zero-order chi connectivity index (χ0) is 17.2. The van der Waals surface area contributed by atoms with Gasteiger partial charge in [0.1, 0.15) is 11.5 Å². The molecule has 122 valence electrons. The van der Waals surface area contributed by atoms with Crippen LogP contribution in [0, 0.1) is 15.9 Å². The van der Waals surface area contributed by atoms with Crippen molar-refractivity contribution < 1.29 is 17.7 Å². The zero-order valence-electron chi connectivity index (χ0n) is 12.0. The van der Waals surface area contributed by atoms with Gasteiger partial charge in [-0.3, -0.25) is 10.1 Å². The quantitative estimate of drug-likeness (QED) is 0.626. The molecule has 0 aliphatic heterocycles. The predicted octanol–water partition coefficient (Wildman–Crippen LogP) is 1.43. The fraction of sp³-hybridized carbons (Fsp3) is 0.154. The summed E-state index contributed by atoms with van der Waals surface area (Å²) in [6, 6.07) is 4.88. The summed E-state index contributed by atoms with van der Waals surface area (Å²) in [6.45, 7) is -0.153. The molecule has 0 unspecified atom stereocenters. The largest absolute Gasteiger partial charge is 0.393 e. The van der Waals surface area contributed by atoms with Crippen LogP contribution in [0.25, 0.3) is 11.3 Å². The summed E-state index contributed by atoms with van der Waals surface area (Å²) in [5.74, 6) is -0.675. The second kappa shape index (κ2) is 6.26. The van der Waals surface area contributed by atoms with E-state index < -0.39 is 26.5 Å². The minimum atomic E-state index is -3.46. The molecule has 2 rings (SSSR count). The Balaban J connectivity index is 2.51. The van der Waals surface area contributed by atoms with Crippen LogP contribution in [0.4, 0.5) is 15.8 Å². The molecule has 23 heavy (non-hydrogen) atoms. The van der Waals surface area contributed by atoms with Crippen molar-refractivity contribution in [3.8, 4) is 11.3 Å². The van der Waals surface area contributed by atoms with Gasteiger partial charge in [-0.1, -0.05) is 0 Å². The Bertz CT molecular complexity index is 870. The average molecular weight is 340 g/mol. The maximum Gasteiger partial charge on any atom is 0.318 e. The number of benzene rings is 1. The first-order chi connectivity index (χ1) is 10.7. The van der Waals surface area contributed by atoms with Gasteiger partial charge in [-0.2, -0.15) is 0 Å². The van der Waals surface area contributed by atoms with Crippen molar-refractivity contribution in [3.63, 3.8) is 0 Å². The van der Waals surface area contributed by atoms with Crippen LogP contribution in [0.3, 0.4) is 0 Å². The van der Waals surface area contributed by atoms with Crippen LogP contribution in [-0.2, 0) is 16.6 Å². The highest BCUT2D eigenvalue weighted by Gasteiger charge is 2.21. The van der Waals surface area contributed by atoms with Crippen LogP contribution >= 0.6 is 0 Å². The van der Waals surface area contributed by atoms with E-state index in [4.69, 9.17) is 5.73 Å². The van der Waals surface area contributed by atoms with Gasteiger partial charge >= 0.3 is 5.69 Å². The lowest BCUT2D eigenvalue weighted by molar-refractivity contribution is -0.383. The molecule has 0 fully saturated rings. The van der Waals surface area contributed by atoms with Crippen LogP contribution < -0.4 is 10.5 Å². The van der Waals surface area contributed by atoms with Crippen molar-refractivity contribution in [2.45, 2.75) is 6.54 Å². The molecule has 1 aromatic carbocycles. The molecule has 0 bridgehead atoms. The maximum atomic E-state index is 13.8. The molecule has 0 atom stereocenters. The van der Waals surface area contributed by atoms with Crippen molar-refractivity contribution in [2.24, 2.45) is 0 Å². The molecule has 3 N–H and O–H groups in total. The van der Waals surface area contributed by atoms with Crippen LogP contribution in [0.15, 0.2) is 30.5 Å². The number of nitrogens with two attached hydrogens (primary N) is 1. The van der Waals surface area contributed by atoms with Crippen LogP contribution in [-0.4, -0.2) is 24.6 Å². The highest BCUT2D eigenvalue weighted by molar-refractivity contribution is 7.88. The van der Waals surface area contributed by atoms with Gasteiger partial charge in [-0.25, -0.2) is 22.5 Å². The fourth-order valence-electron chi connectivity index (χ4n) is 1.98. The van der Waals surface area contributed by atoms with Gasteiger partial charge in [0.25, 0.3) is 0 Å². The molecule has 8 nitrogen and oxygen atoms in total. The number of hydrogen-bond acceptors (Lipinski definition) is 6. The van der Waals surface area contributed by atoms with Crippen molar-refractivity contribution in [1.29, 1.82) is 0 Å². The number of nitrogens with zero attached hydrogens (tertiary/aromatic N) is 2. The molecular formula is C13H13FN4O4S. The van der Waals surface area contributed by atoms with Gasteiger partial charge in [-0.05, 0) is 29.8 Å². The first-order valence-corrected chi connectivity index (χ1v) is 8.20. The third-order valence-electron chi connectivity index (χ3n) is 2.91. The molecule has 0 aliphatic carbocycles. The fourth-order valence-corrected chi connectivity index (χ4v) is 2.40. The molecule has 1 heterocycles. The monoisotopic (exact) mass is 340 g/mol. The molecule has 0 spiro atoms. The number of anilines is 1. The number of sulfonamides is 1. The third-order valence-corrected chi connectivity index (χ3v) is 3.58.